The number of nitrogen functional groups attached to an aromatic ring is 1. The Labute approximate surface area is 76.2 Å². The van der Waals surface area contributed by atoms with Crippen molar-refractivity contribution in [2.24, 2.45) is 5.73 Å². The molecule has 0 amide bonds. The van der Waals surface area contributed by atoms with E-state index in [1.165, 1.54) is 0 Å². The van der Waals surface area contributed by atoms with E-state index in [1.54, 1.807) is 6.07 Å². The van der Waals surface area contributed by atoms with Crippen LogP contribution < -0.4 is 11.5 Å². The van der Waals surface area contributed by atoms with Crippen molar-refractivity contribution in [1.82, 2.24) is 9.55 Å². The Morgan fingerprint density at radius 2 is 2.15 bits per heavy atom. The predicted octanol–water partition coefficient (Wildman–Crippen LogP) is 0.577. The first-order valence-electron chi connectivity index (χ1n) is 4.22. The number of nitrogens with two attached hydrogens (primary N) is 2. The van der Waals surface area contributed by atoms with E-state index in [0.29, 0.717) is 12.4 Å². The van der Waals surface area contributed by atoms with Crippen molar-refractivity contribution in [3.05, 3.63) is 24.4 Å². The van der Waals surface area contributed by atoms with Gasteiger partial charge in [-0.3, -0.25) is 0 Å². The molecule has 0 aliphatic rings. The molecule has 0 aliphatic carbocycles. The van der Waals surface area contributed by atoms with E-state index in [9.17, 15) is 0 Å². The molecule has 4 heteroatoms. The Morgan fingerprint density at radius 3 is 2.92 bits per heavy atom. The number of hydrogen-bond acceptors (Lipinski definition) is 3. The summed E-state index contributed by atoms with van der Waals surface area (Å²) >= 11 is 0. The summed E-state index contributed by atoms with van der Waals surface area (Å²) < 4.78 is 2.01. The Hall–Kier alpha value is -1.55. The summed E-state index contributed by atoms with van der Waals surface area (Å²) in [6, 6.07) is 5.78. The fraction of sp³-hybridized carbons (Fsp3) is 0.222. The van der Waals surface area contributed by atoms with Crippen molar-refractivity contribution in [3.63, 3.8) is 0 Å². The third-order valence-electron chi connectivity index (χ3n) is 2.00. The number of aromatic nitrogens is 2. The summed E-state index contributed by atoms with van der Waals surface area (Å²) in [6.07, 6.45) is 1.98. The third kappa shape index (κ3) is 1.36. The lowest BCUT2D eigenvalue weighted by Crippen LogP contribution is -2.09. The van der Waals surface area contributed by atoms with E-state index in [2.05, 4.69) is 4.98 Å². The van der Waals surface area contributed by atoms with Crippen LogP contribution in [0.25, 0.3) is 11.0 Å². The molecule has 2 aromatic rings. The van der Waals surface area contributed by atoms with E-state index in [4.69, 9.17) is 11.5 Å². The minimum atomic E-state index is 0.546. The van der Waals surface area contributed by atoms with Crippen molar-refractivity contribution in [2.75, 3.05) is 12.3 Å². The second-order valence-corrected chi connectivity index (χ2v) is 2.95. The van der Waals surface area contributed by atoms with Gasteiger partial charge in [-0.2, -0.15) is 0 Å². The van der Waals surface area contributed by atoms with Crippen LogP contribution in [0.1, 0.15) is 0 Å². The van der Waals surface area contributed by atoms with Gasteiger partial charge in [0.15, 0.2) is 0 Å². The molecule has 0 bridgehead atoms. The maximum atomic E-state index is 5.59. The quantitative estimate of drug-likeness (QED) is 0.703. The zero-order valence-corrected chi connectivity index (χ0v) is 7.27. The first-order chi connectivity index (χ1) is 6.31. The zero-order valence-electron chi connectivity index (χ0n) is 7.27. The smallest absolute Gasteiger partial charge is 0.142 e. The highest BCUT2D eigenvalue weighted by atomic mass is 15.0. The lowest BCUT2D eigenvalue weighted by Gasteiger charge is -2.01. The predicted molar refractivity (Wildman–Crippen MR) is 53.2 cm³/mol. The molecular formula is C9H12N4. The summed E-state index contributed by atoms with van der Waals surface area (Å²) in [5, 5.41) is 1.10. The number of pyridine rings is 1. The van der Waals surface area contributed by atoms with Crippen LogP contribution in [0.2, 0.25) is 0 Å². The minimum absolute atomic E-state index is 0.546. The number of nitrogens with zero attached hydrogens (tertiary/aromatic N) is 2. The number of rotatable bonds is 2. The lowest BCUT2D eigenvalue weighted by molar-refractivity contribution is 0.729. The van der Waals surface area contributed by atoms with Crippen LogP contribution in [0.5, 0.6) is 0 Å². The highest BCUT2D eigenvalue weighted by Gasteiger charge is 2.00. The standard InChI is InChI=1S/C9H12N4/c10-4-6-13-5-3-7-1-2-8(11)12-9(7)13/h1-3,5H,4,6,10H2,(H2,11,12). The van der Waals surface area contributed by atoms with Gasteiger partial charge in [-0.15, -0.1) is 0 Å². The molecule has 0 radical (unpaired) electrons. The molecule has 0 unspecified atom stereocenters. The summed E-state index contributed by atoms with van der Waals surface area (Å²) in [4.78, 5) is 4.24. The van der Waals surface area contributed by atoms with Crippen LogP contribution in [0.15, 0.2) is 24.4 Å². The van der Waals surface area contributed by atoms with Crippen molar-refractivity contribution >= 4 is 16.9 Å². The summed E-state index contributed by atoms with van der Waals surface area (Å²) in [5.74, 6) is 0.546. The van der Waals surface area contributed by atoms with E-state index in [0.717, 1.165) is 17.6 Å². The number of hydrogen-bond donors (Lipinski definition) is 2. The molecule has 68 valence electrons. The fourth-order valence-electron chi connectivity index (χ4n) is 1.39. The van der Waals surface area contributed by atoms with Crippen LogP contribution in [0, 0.1) is 0 Å². The normalized spacial score (nSPS) is 10.8. The zero-order chi connectivity index (χ0) is 9.26. The van der Waals surface area contributed by atoms with Crippen molar-refractivity contribution < 1.29 is 0 Å². The molecule has 0 atom stereocenters. The summed E-state index contributed by atoms with van der Waals surface area (Å²) in [6.45, 7) is 1.39. The molecule has 2 heterocycles. The van der Waals surface area contributed by atoms with Crippen LogP contribution in [-0.2, 0) is 6.54 Å². The molecule has 2 rings (SSSR count). The molecule has 2 aromatic heterocycles. The molecule has 4 nitrogen and oxygen atoms in total. The van der Waals surface area contributed by atoms with Crippen molar-refractivity contribution in [2.45, 2.75) is 6.54 Å². The van der Waals surface area contributed by atoms with E-state index < -0.39 is 0 Å². The summed E-state index contributed by atoms with van der Waals surface area (Å²) in [5.41, 5.74) is 12.0. The monoisotopic (exact) mass is 176 g/mol. The average molecular weight is 176 g/mol. The van der Waals surface area contributed by atoms with Gasteiger partial charge in [-0.05, 0) is 18.2 Å². The van der Waals surface area contributed by atoms with E-state index in [-0.39, 0.29) is 0 Å². The molecule has 13 heavy (non-hydrogen) atoms. The van der Waals surface area contributed by atoms with Gasteiger partial charge in [0.2, 0.25) is 0 Å². The maximum absolute atomic E-state index is 5.59. The first-order valence-corrected chi connectivity index (χ1v) is 4.22. The first kappa shape index (κ1) is 8.07. The Bertz CT molecular complexity index is 418. The Kier molecular flexibility index (Phi) is 1.90. The van der Waals surface area contributed by atoms with Gasteiger partial charge in [0.1, 0.15) is 11.5 Å². The van der Waals surface area contributed by atoms with Gasteiger partial charge in [-0.25, -0.2) is 4.98 Å². The Balaban J connectivity index is 2.58. The molecule has 0 aromatic carbocycles. The molecule has 0 spiro atoms. The lowest BCUT2D eigenvalue weighted by atomic mass is 10.3. The topological polar surface area (TPSA) is 69.9 Å². The van der Waals surface area contributed by atoms with Crippen LogP contribution >= 0.6 is 0 Å². The van der Waals surface area contributed by atoms with Gasteiger partial charge in [0, 0.05) is 24.7 Å². The molecule has 0 saturated carbocycles. The van der Waals surface area contributed by atoms with Crippen LogP contribution in [0.3, 0.4) is 0 Å². The van der Waals surface area contributed by atoms with Gasteiger partial charge in [0.25, 0.3) is 0 Å². The van der Waals surface area contributed by atoms with Gasteiger partial charge in [-0.1, -0.05) is 0 Å². The van der Waals surface area contributed by atoms with Crippen LogP contribution in [0.4, 0.5) is 5.82 Å². The summed E-state index contributed by atoms with van der Waals surface area (Å²) in [7, 11) is 0. The van der Waals surface area contributed by atoms with Gasteiger partial charge < -0.3 is 16.0 Å². The molecule has 4 N–H and O–H groups in total. The van der Waals surface area contributed by atoms with Crippen LogP contribution in [-0.4, -0.2) is 16.1 Å². The Morgan fingerprint density at radius 1 is 1.31 bits per heavy atom. The molecule has 0 saturated heterocycles. The largest absolute Gasteiger partial charge is 0.384 e. The van der Waals surface area contributed by atoms with Gasteiger partial charge >= 0.3 is 0 Å². The molecule has 0 fully saturated rings. The fourth-order valence-corrected chi connectivity index (χ4v) is 1.39. The van der Waals surface area contributed by atoms with Gasteiger partial charge in [0.05, 0.1) is 0 Å². The molecular weight excluding hydrogens is 164 g/mol. The van der Waals surface area contributed by atoms with E-state index in [1.807, 2.05) is 22.9 Å². The highest BCUT2D eigenvalue weighted by molar-refractivity contribution is 5.77. The SMILES string of the molecule is NCCn1ccc2ccc(N)nc21. The van der Waals surface area contributed by atoms with E-state index >= 15 is 0 Å². The second kappa shape index (κ2) is 3.06. The third-order valence-corrected chi connectivity index (χ3v) is 2.00. The average Bonchev–Trinajstić information content (AvgIpc) is 2.49. The maximum Gasteiger partial charge on any atom is 0.142 e. The molecule has 0 aliphatic heterocycles. The number of anilines is 1. The second-order valence-electron chi connectivity index (χ2n) is 2.95. The van der Waals surface area contributed by atoms with Crippen molar-refractivity contribution in [3.8, 4) is 0 Å². The van der Waals surface area contributed by atoms with Crippen molar-refractivity contribution in [1.29, 1.82) is 0 Å². The highest BCUT2D eigenvalue weighted by Crippen LogP contribution is 2.14. The number of fused-ring (bicyclic) bond motifs is 1. The minimum Gasteiger partial charge on any atom is -0.384 e.